The Balaban J connectivity index is 1.65. The summed E-state index contributed by atoms with van der Waals surface area (Å²) in [6.07, 6.45) is 6.65. The second-order valence-electron chi connectivity index (χ2n) is 4.71. The molecule has 4 heteroatoms. The molecular weight excluding hydrogens is 212 g/mol. The number of rotatable bonds is 8. The van der Waals surface area contributed by atoms with Crippen molar-refractivity contribution in [3.8, 4) is 0 Å². The highest BCUT2D eigenvalue weighted by atomic mass is 15.2. The molecule has 17 heavy (non-hydrogen) atoms. The summed E-state index contributed by atoms with van der Waals surface area (Å²) < 4.78 is 2.19. The lowest BCUT2D eigenvalue weighted by molar-refractivity contribution is 0.276. The van der Waals surface area contributed by atoms with E-state index in [1.807, 2.05) is 12.5 Å². The van der Waals surface area contributed by atoms with Gasteiger partial charge in [0.15, 0.2) is 0 Å². The monoisotopic (exact) mass is 236 g/mol. The van der Waals surface area contributed by atoms with E-state index in [-0.39, 0.29) is 0 Å². The summed E-state index contributed by atoms with van der Waals surface area (Å²) in [5.41, 5.74) is 1.28. The van der Waals surface area contributed by atoms with Crippen molar-refractivity contribution in [1.29, 1.82) is 0 Å². The average Bonchev–Trinajstić information content (AvgIpc) is 3.08. The molecule has 0 amide bonds. The molecule has 1 aliphatic rings. The van der Waals surface area contributed by atoms with E-state index in [0.29, 0.717) is 0 Å². The number of likely N-dealkylation sites (N-methyl/N-ethyl adjacent to an activating group) is 1. The highest BCUT2D eigenvalue weighted by Crippen LogP contribution is 2.25. The molecule has 0 radical (unpaired) electrons. The zero-order valence-electron chi connectivity index (χ0n) is 11.0. The van der Waals surface area contributed by atoms with Gasteiger partial charge in [0.2, 0.25) is 0 Å². The number of nitrogens with zero attached hydrogens (tertiary/aromatic N) is 3. The molecule has 0 atom stereocenters. The third-order valence-electron chi connectivity index (χ3n) is 3.49. The molecule has 0 aromatic carbocycles. The SMILES string of the molecule is CCN(CCNCc1cncn1CC)C1CC1. The van der Waals surface area contributed by atoms with Crippen molar-refractivity contribution in [2.75, 3.05) is 19.6 Å². The largest absolute Gasteiger partial charge is 0.334 e. The Hall–Kier alpha value is -0.870. The number of hydrogen-bond acceptors (Lipinski definition) is 3. The smallest absolute Gasteiger partial charge is 0.0948 e. The minimum absolute atomic E-state index is 0.878. The fourth-order valence-electron chi connectivity index (χ4n) is 2.26. The van der Waals surface area contributed by atoms with Gasteiger partial charge in [0.25, 0.3) is 0 Å². The molecule has 1 fully saturated rings. The van der Waals surface area contributed by atoms with Crippen LogP contribution in [0.4, 0.5) is 0 Å². The summed E-state index contributed by atoms with van der Waals surface area (Å²) in [6.45, 7) is 9.75. The molecule has 1 saturated carbocycles. The summed E-state index contributed by atoms with van der Waals surface area (Å²) in [5, 5.41) is 3.51. The van der Waals surface area contributed by atoms with Crippen LogP contribution in [-0.2, 0) is 13.1 Å². The molecule has 2 rings (SSSR count). The van der Waals surface area contributed by atoms with Crippen molar-refractivity contribution < 1.29 is 0 Å². The van der Waals surface area contributed by atoms with Crippen LogP contribution in [-0.4, -0.2) is 40.1 Å². The first-order chi connectivity index (χ1) is 8.35. The normalized spacial score (nSPS) is 15.7. The maximum absolute atomic E-state index is 4.17. The zero-order chi connectivity index (χ0) is 12.1. The fourth-order valence-corrected chi connectivity index (χ4v) is 2.26. The Bertz CT molecular complexity index is 330. The van der Waals surface area contributed by atoms with Crippen LogP contribution in [0.1, 0.15) is 32.4 Å². The first-order valence-corrected chi connectivity index (χ1v) is 6.79. The van der Waals surface area contributed by atoms with Gasteiger partial charge in [-0.1, -0.05) is 6.92 Å². The molecule has 1 aliphatic carbocycles. The average molecular weight is 236 g/mol. The first-order valence-electron chi connectivity index (χ1n) is 6.79. The molecule has 0 spiro atoms. The Labute approximate surface area is 104 Å². The van der Waals surface area contributed by atoms with E-state index in [2.05, 4.69) is 33.6 Å². The molecule has 1 heterocycles. The summed E-state index contributed by atoms with van der Waals surface area (Å²) in [7, 11) is 0. The predicted octanol–water partition coefficient (Wildman–Crippen LogP) is 1.48. The number of aromatic nitrogens is 2. The van der Waals surface area contributed by atoms with Gasteiger partial charge in [0.05, 0.1) is 12.0 Å². The van der Waals surface area contributed by atoms with Gasteiger partial charge in [-0.15, -0.1) is 0 Å². The molecule has 96 valence electrons. The minimum atomic E-state index is 0.878. The predicted molar refractivity (Wildman–Crippen MR) is 69.9 cm³/mol. The highest BCUT2D eigenvalue weighted by Gasteiger charge is 2.26. The van der Waals surface area contributed by atoms with Gasteiger partial charge < -0.3 is 9.88 Å². The van der Waals surface area contributed by atoms with Crippen LogP contribution in [0.15, 0.2) is 12.5 Å². The Kier molecular flexibility index (Phi) is 4.57. The van der Waals surface area contributed by atoms with Crippen LogP contribution in [0, 0.1) is 0 Å². The van der Waals surface area contributed by atoms with Crippen LogP contribution >= 0.6 is 0 Å². The molecule has 0 aliphatic heterocycles. The van der Waals surface area contributed by atoms with Crippen LogP contribution in [0.5, 0.6) is 0 Å². The van der Waals surface area contributed by atoms with Gasteiger partial charge in [-0.25, -0.2) is 4.98 Å². The second-order valence-corrected chi connectivity index (χ2v) is 4.71. The molecule has 1 N–H and O–H groups in total. The molecule has 1 aromatic heterocycles. The Morgan fingerprint density at radius 3 is 2.94 bits per heavy atom. The van der Waals surface area contributed by atoms with Crippen molar-refractivity contribution >= 4 is 0 Å². The first kappa shape index (κ1) is 12.6. The van der Waals surface area contributed by atoms with Crippen molar-refractivity contribution in [2.45, 2.75) is 45.8 Å². The second kappa shape index (κ2) is 6.17. The van der Waals surface area contributed by atoms with Crippen LogP contribution in [0.3, 0.4) is 0 Å². The molecular formula is C13H24N4. The molecule has 0 unspecified atom stereocenters. The molecule has 0 bridgehead atoms. The summed E-state index contributed by atoms with van der Waals surface area (Å²) in [6, 6.07) is 0.878. The van der Waals surface area contributed by atoms with Gasteiger partial charge >= 0.3 is 0 Å². The molecule has 0 saturated heterocycles. The highest BCUT2D eigenvalue weighted by molar-refractivity contribution is 4.97. The molecule has 1 aromatic rings. The molecule has 4 nitrogen and oxygen atoms in total. The van der Waals surface area contributed by atoms with E-state index in [1.54, 1.807) is 0 Å². The lowest BCUT2D eigenvalue weighted by atomic mass is 10.4. The fraction of sp³-hybridized carbons (Fsp3) is 0.769. The van der Waals surface area contributed by atoms with Crippen molar-refractivity contribution in [3.63, 3.8) is 0 Å². The maximum atomic E-state index is 4.17. The lowest BCUT2D eigenvalue weighted by Gasteiger charge is -2.19. The zero-order valence-corrected chi connectivity index (χ0v) is 11.0. The van der Waals surface area contributed by atoms with Crippen molar-refractivity contribution in [1.82, 2.24) is 19.8 Å². The summed E-state index contributed by atoms with van der Waals surface area (Å²) in [5.74, 6) is 0. The van der Waals surface area contributed by atoms with E-state index in [1.165, 1.54) is 31.6 Å². The number of aryl methyl sites for hydroxylation is 1. The van der Waals surface area contributed by atoms with E-state index in [0.717, 1.165) is 25.7 Å². The van der Waals surface area contributed by atoms with Gasteiger partial charge in [-0.3, -0.25) is 4.90 Å². The standard InChI is InChI=1S/C13H24N4/c1-3-16(12-5-6-12)8-7-14-9-13-10-15-11-17(13)4-2/h10-12,14H,3-9H2,1-2H3. The van der Waals surface area contributed by atoms with Crippen molar-refractivity contribution in [3.05, 3.63) is 18.2 Å². The van der Waals surface area contributed by atoms with Crippen LogP contribution < -0.4 is 5.32 Å². The Morgan fingerprint density at radius 2 is 2.29 bits per heavy atom. The topological polar surface area (TPSA) is 33.1 Å². The van der Waals surface area contributed by atoms with Crippen LogP contribution in [0.25, 0.3) is 0 Å². The van der Waals surface area contributed by atoms with E-state index in [9.17, 15) is 0 Å². The Morgan fingerprint density at radius 1 is 1.47 bits per heavy atom. The minimum Gasteiger partial charge on any atom is -0.334 e. The van der Waals surface area contributed by atoms with Crippen LogP contribution in [0.2, 0.25) is 0 Å². The quantitative estimate of drug-likeness (QED) is 0.694. The lowest BCUT2D eigenvalue weighted by Crippen LogP contribution is -2.33. The third kappa shape index (κ3) is 3.54. The third-order valence-corrected chi connectivity index (χ3v) is 3.49. The summed E-state index contributed by atoms with van der Waals surface area (Å²) in [4.78, 5) is 6.75. The van der Waals surface area contributed by atoms with E-state index in [4.69, 9.17) is 0 Å². The number of imidazole rings is 1. The van der Waals surface area contributed by atoms with Gasteiger partial charge in [-0.2, -0.15) is 0 Å². The van der Waals surface area contributed by atoms with Gasteiger partial charge in [0.1, 0.15) is 0 Å². The van der Waals surface area contributed by atoms with Crippen molar-refractivity contribution in [2.24, 2.45) is 0 Å². The van der Waals surface area contributed by atoms with Gasteiger partial charge in [0, 0.05) is 38.4 Å². The van der Waals surface area contributed by atoms with E-state index >= 15 is 0 Å². The van der Waals surface area contributed by atoms with Gasteiger partial charge in [-0.05, 0) is 26.3 Å². The maximum Gasteiger partial charge on any atom is 0.0948 e. The van der Waals surface area contributed by atoms with E-state index < -0.39 is 0 Å². The number of hydrogen-bond donors (Lipinski definition) is 1. The number of nitrogens with one attached hydrogen (secondary N) is 1. The summed E-state index contributed by atoms with van der Waals surface area (Å²) >= 11 is 0.